The van der Waals surface area contributed by atoms with E-state index in [1.54, 1.807) is 0 Å². The molecule has 0 saturated heterocycles. The molecule has 1 aromatic rings. The van der Waals surface area contributed by atoms with Gasteiger partial charge in [-0.2, -0.15) is 13.2 Å². The minimum Gasteiger partial charge on any atom is -0.299 e. The number of benzene rings is 1. The predicted octanol–water partition coefficient (Wildman–Crippen LogP) is 4.45. The molecule has 116 valence electrons. The molecule has 0 aromatic heterocycles. The van der Waals surface area contributed by atoms with Crippen LogP contribution in [-0.4, -0.2) is 12.0 Å². The van der Waals surface area contributed by atoms with Gasteiger partial charge in [0.1, 0.15) is 5.78 Å². The van der Waals surface area contributed by atoms with Gasteiger partial charge < -0.3 is 0 Å². The van der Waals surface area contributed by atoms with Gasteiger partial charge in [0.2, 0.25) is 0 Å². The van der Waals surface area contributed by atoms with E-state index in [0.717, 1.165) is 12.1 Å². The third kappa shape index (κ3) is 4.02. The molecule has 0 heterocycles. The Morgan fingerprint density at radius 2 is 1.67 bits per heavy atom. The summed E-state index contributed by atoms with van der Waals surface area (Å²) in [5.74, 6) is -3.97. The van der Waals surface area contributed by atoms with Crippen molar-refractivity contribution in [3.05, 3.63) is 35.4 Å². The molecule has 0 atom stereocenters. The van der Waals surface area contributed by atoms with E-state index < -0.39 is 29.6 Å². The van der Waals surface area contributed by atoms with Crippen LogP contribution in [-0.2, 0) is 11.2 Å². The topological polar surface area (TPSA) is 17.1 Å². The fourth-order valence-electron chi connectivity index (χ4n) is 2.74. The second kappa shape index (κ2) is 6.12. The number of alkyl halides is 3. The highest BCUT2D eigenvalue weighted by atomic mass is 19.4. The molecule has 0 aliphatic heterocycles. The molecular formula is C15H15F5O. The number of halogens is 5. The summed E-state index contributed by atoms with van der Waals surface area (Å²) < 4.78 is 63.4. The molecule has 2 rings (SSSR count). The summed E-state index contributed by atoms with van der Waals surface area (Å²) in [5, 5.41) is 0. The van der Waals surface area contributed by atoms with E-state index in [2.05, 4.69) is 0 Å². The van der Waals surface area contributed by atoms with Crippen LogP contribution in [0.15, 0.2) is 18.2 Å². The Balaban J connectivity index is 1.92. The molecule has 21 heavy (non-hydrogen) atoms. The summed E-state index contributed by atoms with van der Waals surface area (Å²) in [7, 11) is 0. The molecule has 0 spiro atoms. The predicted molar refractivity (Wildman–Crippen MR) is 66.6 cm³/mol. The minimum atomic E-state index is -4.20. The summed E-state index contributed by atoms with van der Waals surface area (Å²) in [4.78, 5) is 12.0. The smallest absolute Gasteiger partial charge is 0.299 e. The van der Waals surface area contributed by atoms with E-state index >= 15 is 0 Å². The van der Waals surface area contributed by atoms with Gasteiger partial charge in [0.05, 0.1) is 5.92 Å². The number of carbonyl (C=O) groups is 1. The third-order valence-corrected chi connectivity index (χ3v) is 4.01. The van der Waals surface area contributed by atoms with E-state index in [1.807, 2.05) is 0 Å². The quantitative estimate of drug-likeness (QED) is 0.754. The van der Waals surface area contributed by atoms with Crippen molar-refractivity contribution in [2.24, 2.45) is 11.8 Å². The van der Waals surface area contributed by atoms with E-state index in [4.69, 9.17) is 0 Å². The SMILES string of the molecule is O=C(Cc1ccc(F)c(F)c1)C1CCC(C(F)(F)F)CC1. The minimum absolute atomic E-state index is 0.0440. The molecule has 1 aromatic carbocycles. The van der Waals surface area contributed by atoms with Crippen LogP contribution in [0.4, 0.5) is 22.0 Å². The first-order valence-electron chi connectivity index (χ1n) is 6.80. The van der Waals surface area contributed by atoms with Gasteiger partial charge in [-0.25, -0.2) is 8.78 Å². The Kier molecular flexibility index (Phi) is 4.64. The van der Waals surface area contributed by atoms with Crippen molar-refractivity contribution >= 4 is 5.78 Å². The molecule has 1 fully saturated rings. The number of ketones is 1. The molecule has 1 aliphatic rings. The lowest BCUT2D eigenvalue weighted by Gasteiger charge is -2.29. The van der Waals surface area contributed by atoms with Crippen LogP contribution in [0.3, 0.4) is 0 Å². The molecule has 1 nitrogen and oxygen atoms in total. The van der Waals surface area contributed by atoms with Crippen LogP contribution < -0.4 is 0 Å². The van der Waals surface area contributed by atoms with E-state index in [1.165, 1.54) is 6.07 Å². The maximum atomic E-state index is 13.0. The standard InChI is InChI=1S/C15H15F5O/c16-12-6-1-9(7-13(12)17)8-14(21)10-2-4-11(5-3-10)15(18,19)20/h1,6-7,10-11H,2-5,8H2. The molecule has 1 aliphatic carbocycles. The van der Waals surface area contributed by atoms with Crippen molar-refractivity contribution < 1.29 is 26.7 Å². The molecule has 1 saturated carbocycles. The lowest BCUT2D eigenvalue weighted by Crippen LogP contribution is -2.30. The lowest BCUT2D eigenvalue weighted by molar-refractivity contribution is -0.184. The van der Waals surface area contributed by atoms with Gasteiger partial charge in [-0.1, -0.05) is 6.07 Å². The summed E-state index contributed by atoms with van der Waals surface area (Å²) in [6.45, 7) is 0. The Bertz CT molecular complexity index is 515. The highest BCUT2D eigenvalue weighted by molar-refractivity contribution is 5.83. The fourth-order valence-corrected chi connectivity index (χ4v) is 2.74. The van der Waals surface area contributed by atoms with Gasteiger partial charge >= 0.3 is 6.18 Å². The largest absolute Gasteiger partial charge is 0.391 e. The molecule has 0 bridgehead atoms. The summed E-state index contributed by atoms with van der Waals surface area (Å²) >= 11 is 0. The second-order valence-electron chi connectivity index (χ2n) is 5.48. The van der Waals surface area contributed by atoms with Crippen LogP contribution in [0.1, 0.15) is 31.2 Å². The first-order valence-corrected chi connectivity index (χ1v) is 6.80. The number of rotatable bonds is 3. The zero-order valence-corrected chi connectivity index (χ0v) is 11.2. The van der Waals surface area contributed by atoms with Crippen molar-refractivity contribution in [1.82, 2.24) is 0 Å². The fraction of sp³-hybridized carbons (Fsp3) is 0.533. The van der Waals surface area contributed by atoms with Gasteiger partial charge in [0.15, 0.2) is 11.6 Å². The van der Waals surface area contributed by atoms with E-state index in [-0.39, 0.29) is 37.9 Å². The number of hydrogen-bond acceptors (Lipinski definition) is 1. The Morgan fingerprint density at radius 1 is 1.05 bits per heavy atom. The van der Waals surface area contributed by atoms with Crippen molar-refractivity contribution in [2.45, 2.75) is 38.3 Å². The third-order valence-electron chi connectivity index (χ3n) is 4.01. The average Bonchev–Trinajstić information content (AvgIpc) is 2.42. The molecule has 0 amide bonds. The van der Waals surface area contributed by atoms with Crippen molar-refractivity contribution in [1.29, 1.82) is 0 Å². The first kappa shape index (κ1) is 15.9. The van der Waals surface area contributed by atoms with Gasteiger partial charge in [-0.3, -0.25) is 4.79 Å². The molecular weight excluding hydrogens is 291 g/mol. The van der Waals surface area contributed by atoms with Gasteiger partial charge in [-0.15, -0.1) is 0 Å². The maximum absolute atomic E-state index is 13.0. The highest BCUT2D eigenvalue weighted by Gasteiger charge is 2.42. The van der Waals surface area contributed by atoms with Crippen LogP contribution in [0.25, 0.3) is 0 Å². The molecule has 6 heteroatoms. The van der Waals surface area contributed by atoms with Gasteiger partial charge in [-0.05, 0) is 43.4 Å². The Morgan fingerprint density at radius 3 is 2.19 bits per heavy atom. The van der Waals surface area contributed by atoms with Gasteiger partial charge in [0.25, 0.3) is 0 Å². The summed E-state index contributed by atoms with van der Waals surface area (Å²) in [6, 6.07) is 3.21. The van der Waals surface area contributed by atoms with E-state index in [9.17, 15) is 26.7 Å². The van der Waals surface area contributed by atoms with Crippen LogP contribution in [0, 0.1) is 23.5 Å². The number of carbonyl (C=O) groups excluding carboxylic acids is 1. The van der Waals surface area contributed by atoms with Crippen molar-refractivity contribution in [3.63, 3.8) is 0 Å². The number of Topliss-reactive ketones (excluding diaryl/α,β-unsaturated/α-hetero) is 1. The highest BCUT2D eigenvalue weighted by Crippen LogP contribution is 2.39. The summed E-state index contributed by atoms with van der Waals surface area (Å²) in [6.07, 6.45) is -3.96. The molecule has 0 unspecified atom stereocenters. The first-order chi connectivity index (χ1) is 9.77. The molecule has 0 N–H and O–H groups in total. The Labute approximate surface area is 119 Å². The average molecular weight is 306 g/mol. The maximum Gasteiger partial charge on any atom is 0.391 e. The van der Waals surface area contributed by atoms with E-state index in [0.29, 0.717) is 5.56 Å². The second-order valence-corrected chi connectivity index (χ2v) is 5.48. The zero-order valence-electron chi connectivity index (χ0n) is 11.2. The van der Waals surface area contributed by atoms with Gasteiger partial charge in [0, 0.05) is 12.3 Å². The number of hydrogen-bond donors (Lipinski definition) is 0. The summed E-state index contributed by atoms with van der Waals surface area (Å²) in [5.41, 5.74) is 0.344. The Hall–Kier alpha value is -1.46. The van der Waals surface area contributed by atoms with Crippen LogP contribution >= 0.6 is 0 Å². The molecule has 0 radical (unpaired) electrons. The van der Waals surface area contributed by atoms with Crippen molar-refractivity contribution in [2.75, 3.05) is 0 Å². The van der Waals surface area contributed by atoms with Crippen LogP contribution in [0.2, 0.25) is 0 Å². The van der Waals surface area contributed by atoms with Crippen molar-refractivity contribution in [3.8, 4) is 0 Å². The monoisotopic (exact) mass is 306 g/mol. The zero-order chi connectivity index (χ0) is 15.6. The normalized spacial score (nSPS) is 23.1. The van der Waals surface area contributed by atoms with Crippen LogP contribution in [0.5, 0.6) is 0 Å². The lowest BCUT2D eigenvalue weighted by atomic mass is 9.78.